The number of hydrogen-bond acceptors (Lipinski definition) is 1. The molecule has 0 spiro atoms. The number of likely N-dealkylation sites (tertiary alicyclic amines) is 1. The van der Waals surface area contributed by atoms with Gasteiger partial charge in [-0.2, -0.15) is 0 Å². The minimum absolute atomic E-state index is 0.183. The summed E-state index contributed by atoms with van der Waals surface area (Å²) in [6.45, 7) is 1.60. The molecule has 114 valence electrons. The highest BCUT2D eigenvalue weighted by atomic mass is 19.1. The Kier molecular flexibility index (Phi) is 4.22. The van der Waals surface area contributed by atoms with Crippen LogP contribution >= 0.6 is 0 Å². The summed E-state index contributed by atoms with van der Waals surface area (Å²) in [7, 11) is 0. The molecule has 1 aromatic carbocycles. The summed E-state index contributed by atoms with van der Waals surface area (Å²) in [6, 6.07) is 4.01. The summed E-state index contributed by atoms with van der Waals surface area (Å²) < 4.78 is 27.2. The van der Waals surface area contributed by atoms with Crippen LogP contribution in [0.4, 0.5) is 8.78 Å². The number of halogens is 2. The Balaban J connectivity index is 1.56. The lowest BCUT2D eigenvalue weighted by atomic mass is 9.91. The number of piperidine rings is 1. The van der Waals surface area contributed by atoms with E-state index in [9.17, 15) is 13.6 Å². The van der Waals surface area contributed by atoms with E-state index in [2.05, 4.69) is 0 Å². The molecule has 2 aliphatic rings. The third-order valence-corrected chi connectivity index (χ3v) is 4.62. The van der Waals surface area contributed by atoms with Gasteiger partial charge in [0.25, 0.3) is 0 Å². The molecule has 0 aromatic heterocycles. The smallest absolute Gasteiger partial charge is 0.225 e. The molecule has 2 nitrogen and oxygen atoms in total. The Morgan fingerprint density at radius 3 is 2.57 bits per heavy atom. The zero-order chi connectivity index (χ0) is 14.8. The fourth-order valence-corrected chi connectivity index (χ4v) is 3.21. The van der Waals surface area contributed by atoms with Crippen molar-refractivity contribution in [1.82, 2.24) is 4.90 Å². The molecular formula is C17H21F2NO. The average molecular weight is 293 g/mol. The van der Waals surface area contributed by atoms with Gasteiger partial charge in [-0.1, -0.05) is 6.07 Å². The molecule has 4 heteroatoms. The predicted octanol–water partition coefficient (Wildman–Crippen LogP) is 3.55. The average Bonchev–Trinajstić information content (AvgIpc) is 3.31. The molecule has 0 bridgehead atoms. The van der Waals surface area contributed by atoms with Gasteiger partial charge in [0.15, 0.2) is 0 Å². The number of amides is 1. The number of rotatable bonds is 4. The van der Waals surface area contributed by atoms with Gasteiger partial charge in [0.05, 0.1) is 0 Å². The number of carbonyl (C=O) groups excluding carboxylic acids is 1. The number of nitrogens with zero attached hydrogens (tertiary/aromatic N) is 1. The number of benzene rings is 1. The molecule has 21 heavy (non-hydrogen) atoms. The molecule has 0 radical (unpaired) electrons. The molecule has 0 N–H and O–H groups in total. The second kappa shape index (κ2) is 6.12. The first-order chi connectivity index (χ1) is 10.1. The molecule has 1 amide bonds. The number of carbonyl (C=O) groups is 1. The van der Waals surface area contributed by atoms with Gasteiger partial charge in [0, 0.05) is 24.6 Å². The molecule has 0 unspecified atom stereocenters. The molecule has 2 fully saturated rings. The maximum atomic E-state index is 13.6. The van der Waals surface area contributed by atoms with E-state index >= 15 is 0 Å². The lowest BCUT2D eigenvalue weighted by Gasteiger charge is -2.33. The Hall–Kier alpha value is -1.45. The van der Waals surface area contributed by atoms with Crippen LogP contribution in [0.5, 0.6) is 0 Å². The van der Waals surface area contributed by atoms with E-state index in [0.717, 1.165) is 45.2 Å². The van der Waals surface area contributed by atoms with Crippen LogP contribution in [0, 0.1) is 23.5 Å². The summed E-state index contributed by atoms with van der Waals surface area (Å²) in [4.78, 5) is 14.1. The minimum Gasteiger partial charge on any atom is -0.342 e. The normalized spacial score (nSPS) is 22.4. The van der Waals surface area contributed by atoms with E-state index in [4.69, 9.17) is 0 Å². The van der Waals surface area contributed by atoms with Gasteiger partial charge in [-0.05, 0) is 56.6 Å². The third-order valence-electron chi connectivity index (χ3n) is 4.62. The standard InChI is InChI=1S/C17H21F2NO/c18-15-4-1-5-16(19)14(15)9-6-12-3-2-10-20(11-12)17(21)13-7-8-13/h1,4-5,12-13H,2-3,6-11H2/t12-/m1/s1. The zero-order valence-electron chi connectivity index (χ0n) is 12.2. The van der Waals surface area contributed by atoms with Crippen molar-refractivity contribution in [3.8, 4) is 0 Å². The third kappa shape index (κ3) is 3.42. The quantitative estimate of drug-likeness (QED) is 0.831. The first kappa shape index (κ1) is 14.5. The second-order valence-electron chi connectivity index (χ2n) is 6.31. The van der Waals surface area contributed by atoms with E-state index in [1.807, 2.05) is 4.90 Å². The van der Waals surface area contributed by atoms with Crippen LogP contribution in [-0.2, 0) is 11.2 Å². The van der Waals surface area contributed by atoms with Crippen LogP contribution in [0.3, 0.4) is 0 Å². The SMILES string of the molecule is O=C(C1CC1)N1CCC[C@H](CCc2c(F)cccc2F)C1. The summed E-state index contributed by atoms with van der Waals surface area (Å²) >= 11 is 0. The maximum absolute atomic E-state index is 13.6. The first-order valence-corrected chi connectivity index (χ1v) is 7.87. The van der Waals surface area contributed by atoms with Crippen molar-refractivity contribution in [1.29, 1.82) is 0 Å². The molecule has 1 heterocycles. The van der Waals surface area contributed by atoms with Crippen molar-refractivity contribution < 1.29 is 13.6 Å². The molecule has 3 rings (SSSR count). The van der Waals surface area contributed by atoms with E-state index in [1.165, 1.54) is 18.2 Å². The Labute approximate surface area is 124 Å². The molecule has 1 saturated carbocycles. The van der Waals surface area contributed by atoms with Crippen LogP contribution < -0.4 is 0 Å². The van der Waals surface area contributed by atoms with Gasteiger partial charge in [-0.25, -0.2) is 8.78 Å². The molecule has 1 atom stereocenters. The van der Waals surface area contributed by atoms with E-state index in [0.29, 0.717) is 12.3 Å². The molecule has 1 aliphatic heterocycles. The van der Waals surface area contributed by atoms with Crippen LogP contribution in [0.15, 0.2) is 18.2 Å². The second-order valence-corrected chi connectivity index (χ2v) is 6.31. The predicted molar refractivity (Wildman–Crippen MR) is 76.7 cm³/mol. The lowest BCUT2D eigenvalue weighted by molar-refractivity contribution is -0.134. The van der Waals surface area contributed by atoms with Crippen molar-refractivity contribution in [3.63, 3.8) is 0 Å². The Morgan fingerprint density at radius 1 is 1.19 bits per heavy atom. The van der Waals surface area contributed by atoms with Gasteiger partial charge in [0.2, 0.25) is 5.91 Å². The Bertz CT molecular complexity index is 507. The molecule has 1 aromatic rings. The largest absolute Gasteiger partial charge is 0.342 e. The fourth-order valence-electron chi connectivity index (χ4n) is 3.21. The van der Waals surface area contributed by atoms with Crippen LogP contribution in [0.2, 0.25) is 0 Å². The molecule has 1 saturated heterocycles. The van der Waals surface area contributed by atoms with Gasteiger partial charge in [0.1, 0.15) is 11.6 Å². The number of hydrogen-bond donors (Lipinski definition) is 0. The van der Waals surface area contributed by atoms with Crippen LogP contribution in [0.1, 0.15) is 37.7 Å². The van der Waals surface area contributed by atoms with E-state index in [1.54, 1.807) is 0 Å². The highest BCUT2D eigenvalue weighted by Gasteiger charge is 2.35. The zero-order valence-corrected chi connectivity index (χ0v) is 12.2. The summed E-state index contributed by atoms with van der Waals surface area (Å²) in [5.41, 5.74) is 0.183. The first-order valence-electron chi connectivity index (χ1n) is 7.87. The van der Waals surface area contributed by atoms with Crippen molar-refractivity contribution >= 4 is 5.91 Å². The maximum Gasteiger partial charge on any atom is 0.225 e. The Morgan fingerprint density at radius 2 is 1.90 bits per heavy atom. The van der Waals surface area contributed by atoms with Gasteiger partial charge in [-0.15, -0.1) is 0 Å². The minimum atomic E-state index is -0.461. The van der Waals surface area contributed by atoms with E-state index in [-0.39, 0.29) is 17.4 Å². The highest BCUT2D eigenvalue weighted by Crippen LogP contribution is 2.33. The monoisotopic (exact) mass is 293 g/mol. The summed E-state index contributed by atoms with van der Waals surface area (Å²) in [6.07, 6.45) is 5.26. The molecular weight excluding hydrogens is 272 g/mol. The van der Waals surface area contributed by atoms with Gasteiger partial charge >= 0.3 is 0 Å². The van der Waals surface area contributed by atoms with Crippen molar-refractivity contribution in [2.75, 3.05) is 13.1 Å². The van der Waals surface area contributed by atoms with Crippen LogP contribution in [-0.4, -0.2) is 23.9 Å². The van der Waals surface area contributed by atoms with Crippen LogP contribution in [0.25, 0.3) is 0 Å². The summed E-state index contributed by atoms with van der Waals surface area (Å²) in [5, 5.41) is 0. The van der Waals surface area contributed by atoms with Crippen molar-refractivity contribution in [2.45, 2.75) is 38.5 Å². The summed E-state index contributed by atoms with van der Waals surface area (Å²) in [5.74, 6) is -0.0153. The van der Waals surface area contributed by atoms with E-state index < -0.39 is 11.6 Å². The van der Waals surface area contributed by atoms with Crippen molar-refractivity contribution in [3.05, 3.63) is 35.4 Å². The van der Waals surface area contributed by atoms with Gasteiger partial charge in [-0.3, -0.25) is 4.79 Å². The molecule has 1 aliphatic carbocycles. The fraction of sp³-hybridized carbons (Fsp3) is 0.588. The van der Waals surface area contributed by atoms with Crippen molar-refractivity contribution in [2.24, 2.45) is 11.8 Å². The van der Waals surface area contributed by atoms with Gasteiger partial charge < -0.3 is 4.90 Å². The highest BCUT2D eigenvalue weighted by molar-refractivity contribution is 5.81. The lowest BCUT2D eigenvalue weighted by Crippen LogP contribution is -2.40. The topological polar surface area (TPSA) is 20.3 Å².